The van der Waals surface area contributed by atoms with Crippen LogP contribution in [0, 0.1) is 5.92 Å². The van der Waals surface area contributed by atoms with Gasteiger partial charge in [-0.15, -0.1) is 0 Å². The van der Waals surface area contributed by atoms with Crippen LogP contribution in [0.2, 0.25) is 0 Å². The van der Waals surface area contributed by atoms with Gasteiger partial charge in [0.25, 0.3) is 0 Å². The van der Waals surface area contributed by atoms with Crippen molar-refractivity contribution in [1.82, 2.24) is 5.32 Å². The summed E-state index contributed by atoms with van der Waals surface area (Å²) >= 11 is 0. The van der Waals surface area contributed by atoms with Gasteiger partial charge in [-0.1, -0.05) is 19.8 Å². The quantitative estimate of drug-likeness (QED) is 0.711. The molecule has 88 valence electrons. The fourth-order valence-electron chi connectivity index (χ4n) is 2.40. The van der Waals surface area contributed by atoms with Crippen molar-refractivity contribution in [3.63, 3.8) is 0 Å². The number of rotatable bonds is 5. The van der Waals surface area contributed by atoms with Crippen LogP contribution in [0.5, 0.6) is 0 Å². The van der Waals surface area contributed by atoms with Crippen molar-refractivity contribution in [3.8, 4) is 0 Å². The Kier molecular flexibility index (Phi) is 5.09. The van der Waals surface area contributed by atoms with E-state index in [0.29, 0.717) is 12.6 Å². The second kappa shape index (κ2) is 6.11. The van der Waals surface area contributed by atoms with Crippen LogP contribution in [0.25, 0.3) is 0 Å². The number of hydrogen-bond donors (Lipinski definition) is 1. The molecule has 0 spiro atoms. The van der Waals surface area contributed by atoms with Crippen LogP contribution in [0.3, 0.4) is 0 Å². The second-order valence-electron chi connectivity index (χ2n) is 4.35. The predicted octanol–water partition coefficient (Wildman–Crippen LogP) is 2.11. The molecule has 3 atom stereocenters. The van der Waals surface area contributed by atoms with Crippen LogP contribution in [0.1, 0.15) is 46.5 Å². The average Bonchev–Trinajstić information content (AvgIpc) is 2.65. The third-order valence-electron chi connectivity index (χ3n) is 3.29. The molecule has 1 fully saturated rings. The molecule has 15 heavy (non-hydrogen) atoms. The van der Waals surface area contributed by atoms with Gasteiger partial charge in [0.15, 0.2) is 0 Å². The van der Waals surface area contributed by atoms with Gasteiger partial charge in [0.2, 0.25) is 0 Å². The molecule has 0 bridgehead atoms. The van der Waals surface area contributed by atoms with Crippen LogP contribution >= 0.6 is 0 Å². The Labute approximate surface area is 92.6 Å². The topological polar surface area (TPSA) is 38.3 Å². The lowest BCUT2D eigenvalue weighted by molar-refractivity contribution is -0.145. The summed E-state index contributed by atoms with van der Waals surface area (Å²) in [5, 5.41) is 3.39. The van der Waals surface area contributed by atoms with Gasteiger partial charge >= 0.3 is 5.97 Å². The molecule has 0 amide bonds. The first-order valence-electron chi connectivity index (χ1n) is 6.11. The fourth-order valence-corrected chi connectivity index (χ4v) is 2.40. The van der Waals surface area contributed by atoms with Gasteiger partial charge in [0.05, 0.1) is 6.61 Å². The maximum Gasteiger partial charge on any atom is 0.322 e. The second-order valence-corrected chi connectivity index (χ2v) is 4.35. The first-order chi connectivity index (χ1) is 7.19. The van der Waals surface area contributed by atoms with Crippen molar-refractivity contribution < 1.29 is 9.53 Å². The molecule has 0 aromatic rings. The molecule has 3 heteroatoms. The predicted molar refractivity (Wildman–Crippen MR) is 60.7 cm³/mol. The summed E-state index contributed by atoms with van der Waals surface area (Å²) in [6.45, 7) is 6.42. The number of hydrogen-bond acceptors (Lipinski definition) is 3. The molecular formula is C12H23NO2. The average molecular weight is 213 g/mol. The lowest BCUT2D eigenvalue weighted by Crippen LogP contribution is -2.43. The van der Waals surface area contributed by atoms with Gasteiger partial charge in [-0.2, -0.15) is 0 Å². The number of carbonyl (C=O) groups is 1. The molecule has 0 aliphatic heterocycles. The Hall–Kier alpha value is -0.570. The Bertz CT molecular complexity index is 206. The highest BCUT2D eigenvalue weighted by Gasteiger charge is 2.28. The van der Waals surface area contributed by atoms with Crippen molar-refractivity contribution in [2.24, 2.45) is 5.92 Å². The van der Waals surface area contributed by atoms with E-state index < -0.39 is 0 Å². The number of carbonyl (C=O) groups excluding carboxylic acids is 1. The van der Waals surface area contributed by atoms with Crippen molar-refractivity contribution in [2.45, 2.75) is 58.5 Å². The molecule has 0 saturated heterocycles. The standard InChI is InChI=1S/C12H23NO2/c1-4-10-7-6-8-11(10)13-9(3)12(14)15-5-2/h9-11,13H,4-8H2,1-3H3. The SMILES string of the molecule is CCOC(=O)C(C)NC1CCCC1CC. The smallest absolute Gasteiger partial charge is 0.322 e. The van der Waals surface area contributed by atoms with Crippen molar-refractivity contribution >= 4 is 5.97 Å². The Balaban J connectivity index is 2.36. The minimum Gasteiger partial charge on any atom is -0.465 e. The van der Waals surface area contributed by atoms with Gasteiger partial charge in [-0.25, -0.2) is 0 Å². The van der Waals surface area contributed by atoms with Crippen LogP contribution in [0.4, 0.5) is 0 Å². The lowest BCUT2D eigenvalue weighted by Gasteiger charge is -2.23. The van der Waals surface area contributed by atoms with Crippen LogP contribution in [-0.2, 0) is 9.53 Å². The van der Waals surface area contributed by atoms with Crippen LogP contribution in [0.15, 0.2) is 0 Å². The number of esters is 1. The van der Waals surface area contributed by atoms with E-state index in [4.69, 9.17) is 4.74 Å². The molecule has 1 saturated carbocycles. The highest BCUT2D eigenvalue weighted by Crippen LogP contribution is 2.28. The van der Waals surface area contributed by atoms with E-state index in [1.165, 1.54) is 25.7 Å². The summed E-state index contributed by atoms with van der Waals surface area (Å²) in [6, 6.07) is 0.344. The van der Waals surface area contributed by atoms with Gasteiger partial charge < -0.3 is 10.1 Å². The van der Waals surface area contributed by atoms with E-state index in [1.807, 2.05) is 13.8 Å². The van der Waals surface area contributed by atoms with Crippen LogP contribution in [-0.4, -0.2) is 24.7 Å². The molecule has 3 nitrogen and oxygen atoms in total. The molecule has 0 heterocycles. The van der Waals surface area contributed by atoms with Gasteiger partial charge in [0, 0.05) is 6.04 Å². The van der Waals surface area contributed by atoms with Gasteiger partial charge in [-0.3, -0.25) is 4.79 Å². The van der Waals surface area contributed by atoms with E-state index in [0.717, 1.165) is 5.92 Å². The molecule has 0 aromatic carbocycles. The molecule has 0 radical (unpaired) electrons. The zero-order chi connectivity index (χ0) is 11.3. The van der Waals surface area contributed by atoms with E-state index in [2.05, 4.69) is 12.2 Å². The van der Waals surface area contributed by atoms with Crippen LogP contribution < -0.4 is 5.32 Å². The van der Waals surface area contributed by atoms with Crippen molar-refractivity contribution in [2.75, 3.05) is 6.61 Å². The first kappa shape index (κ1) is 12.5. The number of nitrogens with one attached hydrogen (secondary N) is 1. The van der Waals surface area contributed by atoms with Crippen molar-refractivity contribution in [1.29, 1.82) is 0 Å². The zero-order valence-corrected chi connectivity index (χ0v) is 10.1. The maximum atomic E-state index is 11.4. The highest BCUT2D eigenvalue weighted by atomic mass is 16.5. The first-order valence-corrected chi connectivity index (χ1v) is 6.11. The normalized spacial score (nSPS) is 27.7. The molecule has 1 N–H and O–H groups in total. The highest BCUT2D eigenvalue weighted by molar-refractivity contribution is 5.75. The fraction of sp³-hybridized carbons (Fsp3) is 0.917. The third-order valence-corrected chi connectivity index (χ3v) is 3.29. The van der Waals surface area contributed by atoms with E-state index in [9.17, 15) is 4.79 Å². The lowest BCUT2D eigenvalue weighted by atomic mass is 10.00. The minimum absolute atomic E-state index is 0.126. The Morgan fingerprint density at radius 3 is 2.80 bits per heavy atom. The summed E-state index contributed by atoms with van der Waals surface area (Å²) < 4.78 is 4.98. The summed E-state index contributed by atoms with van der Waals surface area (Å²) in [4.78, 5) is 11.4. The van der Waals surface area contributed by atoms with Gasteiger partial charge in [0.1, 0.15) is 6.04 Å². The zero-order valence-electron chi connectivity index (χ0n) is 10.1. The summed E-state index contributed by atoms with van der Waals surface area (Å²) in [5.74, 6) is 0.612. The van der Waals surface area contributed by atoms with E-state index in [1.54, 1.807) is 0 Å². The molecular weight excluding hydrogens is 190 g/mol. The Morgan fingerprint density at radius 1 is 1.47 bits per heavy atom. The molecule has 1 aliphatic carbocycles. The summed E-state index contributed by atoms with van der Waals surface area (Å²) in [7, 11) is 0. The minimum atomic E-state index is -0.165. The summed E-state index contributed by atoms with van der Waals surface area (Å²) in [5.41, 5.74) is 0. The molecule has 3 unspecified atom stereocenters. The van der Waals surface area contributed by atoms with Gasteiger partial charge in [-0.05, 0) is 32.6 Å². The van der Waals surface area contributed by atoms with E-state index in [-0.39, 0.29) is 12.0 Å². The molecule has 0 aromatic heterocycles. The third kappa shape index (κ3) is 3.49. The maximum absolute atomic E-state index is 11.4. The van der Waals surface area contributed by atoms with E-state index >= 15 is 0 Å². The monoisotopic (exact) mass is 213 g/mol. The molecule has 1 aliphatic rings. The Morgan fingerprint density at radius 2 is 2.20 bits per heavy atom. The summed E-state index contributed by atoms with van der Waals surface area (Å²) in [6.07, 6.45) is 4.98. The largest absolute Gasteiger partial charge is 0.465 e. The van der Waals surface area contributed by atoms with Crippen molar-refractivity contribution in [3.05, 3.63) is 0 Å². The number of ether oxygens (including phenoxy) is 1. The molecule has 1 rings (SSSR count).